The highest BCUT2D eigenvalue weighted by atomic mass is 16.5. The summed E-state index contributed by atoms with van der Waals surface area (Å²) in [6.07, 6.45) is 1.05. The van der Waals surface area contributed by atoms with Gasteiger partial charge in [-0.15, -0.1) is 0 Å². The van der Waals surface area contributed by atoms with Crippen molar-refractivity contribution in [1.82, 2.24) is 0 Å². The molecule has 0 amide bonds. The quantitative estimate of drug-likeness (QED) is 0.880. The molecule has 0 aliphatic heterocycles. The van der Waals surface area contributed by atoms with Gasteiger partial charge in [0.2, 0.25) is 0 Å². The Morgan fingerprint density at radius 3 is 2.70 bits per heavy atom. The van der Waals surface area contributed by atoms with Crippen molar-refractivity contribution < 1.29 is 19.7 Å². The summed E-state index contributed by atoms with van der Waals surface area (Å²) >= 11 is 0. The van der Waals surface area contributed by atoms with Crippen molar-refractivity contribution in [2.45, 2.75) is 39.2 Å². The van der Waals surface area contributed by atoms with Crippen molar-refractivity contribution in [3.63, 3.8) is 0 Å². The number of carbonyl (C=O) groups is 1. The van der Waals surface area contributed by atoms with Gasteiger partial charge in [-0.3, -0.25) is 4.79 Å². The Labute approximate surface area is 119 Å². The lowest BCUT2D eigenvalue weighted by atomic mass is 9.71. The summed E-state index contributed by atoms with van der Waals surface area (Å²) in [7, 11) is 1.57. The van der Waals surface area contributed by atoms with E-state index in [9.17, 15) is 9.90 Å². The van der Waals surface area contributed by atoms with Gasteiger partial charge in [-0.05, 0) is 30.5 Å². The zero-order chi connectivity index (χ0) is 14.9. The summed E-state index contributed by atoms with van der Waals surface area (Å²) in [5.41, 5.74) is 2.19. The van der Waals surface area contributed by atoms with Crippen molar-refractivity contribution in [3.8, 4) is 5.75 Å². The molecule has 20 heavy (non-hydrogen) atoms. The topological polar surface area (TPSA) is 66.8 Å². The maximum Gasteiger partial charge on any atom is 0.168 e. The van der Waals surface area contributed by atoms with Crippen LogP contribution in [0.25, 0.3) is 0 Å². The lowest BCUT2D eigenvalue weighted by Crippen LogP contribution is -2.31. The summed E-state index contributed by atoms with van der Waals surface area (Å²) in [5, 5.41) is 18.8. The highest BCUT2D eigenvalue weighted by molar-refractivity contribution is 6.02. The van der Waals surface area contributed by atoms with Gasteiger partial charge in [0.15, 0.2) is 5.78 Å². The minimum Gasteiger partial charge on any atom is -0.496 e. The van der Waals surface area contributed by atoms with Crippen LogP contribution in [0.5, 0.6) is 5.75 Å². The summed E-state index contributed by atoms with van der Waals surface area (Å²) < 4.78 is 5.34. The van der Waals surface area contributed by atoms with E-state index < -0.39 is 6.10 Å². The van der Waals surface area contributed by atoms with E-state index in [0.717, 1.165) is 29.5 Å². The van der Waals surface area contributed by atoms with Crippen molar-refractivity contribution in [2.75, 3.05) is 13.7 Å². The molecule has 1 aliphatic carbocycles. The van der Waals surface area contributed by atoms with Gasteiger partial charge in [-0.1, -0.05) is 13.8 Å². The Morgan fingerprint density at radius 1 is 1.40 bits per heavy atom. The van der Waals surface area contributed by atoms with Gasteiger partial charge in [0.05, 0.1) is 19.8 Å². The Balaban J connectivity index is 2.50. The molecule has 0 spiro atoms. The van der Waals surface area contributed by atoms with E-state index in [1.165, 1.54) is 0 Å². The highest BCUT2D eigenvalue weighted by Gasteiger charge is 2.35. The number of aliphatic hydroxyl groups is 2. The fraction of sp³-hybridized carbons (Fsp3) is 0.562. The summed E-state index contributed by atoms with van der Waals surface area (Å²) in [6.45, 7) is 3.63. The van der Waals surface area contributed by atoms with E-state index in [0.29, 0.717) is 12.2 Å². The average molecular weight is 278 g/mol. The molecule has 1 aromatic carbocycles. The molecule has 110 valence electrons. The van der Waals surface area contributed by atoms with Gasteiger partial charge >= 0.3 is 0 Å². The normalized spacial score (nSPS) is 18.6. The predicted octanol–water partition coefficient (Wildman–Crippen LogP) is 1.75. The Kier molecular flexibility index (Phi) is 4.16. The lowest BCUT2D eigenvalue weighted by Gasteiger charge is -2.31. The number of carbonyl (C=O) groups excluding carboxylic acids is 1. The number of fused-ring (bicyclic) bond motifs is 1. The molecular weight excluding hydrogens is 256 g/mol. The second kappa shape index (κ2) is 5.54. The Morgan fingerprint density at radius 2 is 2.10 bits per heavy atom. The van der Waals surface area contributed by atoms with Crippen LogP contribution in [-0.2, 0) is 12.8 Å². The van der Waals surface area contributed by atoms with Gasteiger partial charge in [0, 0.05) is 23.0 Å². The first-order chi connectivity index (χ1) is 9.40. The van der Waals surface area contributed by atoms with Gasteiger partial charge < -0.3 is 14.9 Å². The molecule has 4 nitrogen and oxygen atoms in total. The zero-order valence-electron chi connectivity index (χ0n) is 12.3. The largest absolute Gasteiger partial charge is 0.496 e. The highest BCUT2D eigenvalue weighted by Crippen LogP contribution is 2.39. The van der Waals surface area contributed by atoms with E-state index in [-0.39, 0.29) is 17.8 Å². The average Bonchev–Trinajstić information content (AvgIpc) is 2.43. The maximum atomic E-state index is 12.5. The molecule has 1 aromatic rings. The first kappa shape index (κ1) is 15.0. The predicted molar refractivity (Wildman–Crippen MR) is 76.2 cm³/mol. The van der Waals surface area contributed by atoms with Gasteiger partial charge in [0.1, 0.15) is 5.75 Å². The number of aliphatic hydroxyl groups excluding tert-OH is 2. The SMILES string of the molecule is COc1ccc2c(c1CC(O)CO)CCC(C)(C)C2=O. The molecule has 1 atom stereocenters. The molecule has 0 heterocycles. The molecule has 0 aromatic heterocycles. The van der Waals surface area contributed by atoms with Crippen LogP contribution < -0.4 is 4.74 Å². The zero-order valence-corrected chi connectivity index (χ0v) is 12.3. The minimum atomic E-state index is -0.833. The molecule has 0 radical (unpaired) electrons. The summed E-state index contributed by atoms with van der Waals surface area (Å²) in [4.78, 5) is 12.5. The first-order valence-corrected chi connectivity index (χ1v) is 6.93. The van der Waals surface area contributed by atoms with Crippen molar-refractivity contribution in [3.05, 3.63) is 28.8 Å². The number of rotatable bonds is 4. The summed E-state index contributed by atoms with van der Waals surface area (Å²) in [5.74, 6) is 0.810. The third-order valence-electron chi connectivity index (χ3n) is 4.12. The van der Waals surface area contributed by atoms with Crippen LogP contribution in [0.3, 0.4) is 0 Å². The first-order valence-electron chi connectivity index (χ1n) is 6.93. The number of hydrogen-bond donors (Lipinski definition) is 2. The van der Waals surface area contributed by atoms with Gasteiger partial charge in [0.25, 0.3) is 0 Å². The molecule has 0 fully saturated rings. The van der Waals surface area contributed by atoms with E-state index in [2.05, 4.69) is 0 Å². The lowest BCUT2D eigenvalue weighted by molar-refractivity contribution is 0.0807. The van der Waals surface area contributed by atoms with E-state index >= 15 is 0 Å². The van der Waals surface area contributed by atoms with Gasteiger partial charge in [-0.25, -0.2) is 0 Å². The second-order valence-corrected chi connectivity index (χ2v) is 6.03. The maximum absolute atomic E-state index is 12.5. The molecule has 1 unspecified atom stereocenters. The Hall–Kier alpha value is -1.39. The van der Waals surface area contributed by atoms with Crippen LogP contribution in [0.4, 0.5) is 0 Å². The van der Waals surface area contributed by atoms with E-state index in [1.54, 1.807) is 13.2 Å². The van der Waals surface area contributed by atoms with Crippen LogP contribution in [0.15, 0.2) is 12.1 Å². The van der Waals surface area contributed by atoms with Crippen LogP contribution in [0.2, 0.25) is 0 Å². The summed E-state index contributed by atoms with van der Waals surface area (Å²) in [6, 6.07) is 3.59. The molecule has 2 rings (SSSR count). The molecule has 0 saturated heterocycles. The fourth-order valence-corrected chi connectivity index (χ4v) is 2.80. The number of Topliss-reactive ketones (excluding diaryl/α,β-unsaturated/α-hetero) is 1. The van der Waals surface area contributed by atoms with Crippen LogP contribution in [0, 0.1) is 5.41 Å². The minimum absolute atomic E-state index is 0.140. The monoisotopic (exact) mass is 278 g/mol. The number of ether oxygens (including phenoxy) is 1. The molecule has 2 N–H and O–H groups in total. The number of benzene rings is 1. The van der Waals surface area contributed by atoms with Crippen molar-refractivity contribution in [1.29, 1.82) is 0 Å². The van der Waals surface area contributed by atoms with Crippen molar-refractivity contribution in [2.24, 2.45) is 5.41 Å². The third-order valence-corrected chi connectivity index (χ3v) is 4.12. The molecular formula is C16H22O4. The standard InChI is InChI=1S/C16H22O4/c1-16(2)7-6-11-12(15(16)19)4-5-14(20-3)13(11)8-10(18)9-17/h4-5,10,17-18H,6-9H2,1-3H3. The van der Waals surface area contributed by atoms with Crippen LogP contribution in [-0.4, -0.2) is 35.8 Å². The third kappa shape index (κ3) is 2.58. The smallest absolute Gasteiger partial charge is 0.168 e. The number of hydrogen-bond acceptors (Lipinski definition) is 4. The van der Waals surface area contributed by atoms with Crippen molar-refractivity contribution >= 4 is 5.78 Å². The molecule has 1 aliphatic rings. The fourth-order valence-electron chi connectivity index (χ4n) is 2.80. The molecule has 0 bridgehead atoms. The van der Waals surface area contributed by atoms with Crippen LogP contribution >= 0.6 is 0 Å². The number of methoxy groups -OCH3 is 1. The number of ketones is 1. The molecule has 4 heteroatoms. The van der Waals surface area contributed by atoms with Crippen LogP contribution in [0.1, 0.15) is 41.8 Å². The molecule has 0 saturated carbocycles. The second-order valence-electron chi connectivity index (χ2n) is 6.03. The van der Waals surface area contributed by atoms with E-state index in [1.807, 2.05) is 19.9 Å². The van der Waals surface area contributed by atoms with Gasteiger partial charge in [-0.2, -0.15) is 0 Å². The van der Waals surface area contributed by atoms with E-state index in [4.69, 9.17) is 9.84 Å². The Bertz CT molecular complexity index is 519.